The largest absolute Gasteiger partial charge is 0.337 e. The highest BCUT2D eigenvalue weighted by Crippen LogP contribution is 2.19. The van der Waals surface area contributed by atoms with Gasteiger partial charge >= 0.3 is 0 Å². The summed E-state index contributed by atoms with van der Waals surface area (Å²) in [6, 6.07) is 13.8. The summed E-state index contributed by atoms with van der Waals surface area (Å²) >= 11 is 5.90. The van der Waals surface area contributed by atoms with Crippen molar-refractivity contribution in [3.05, 3.63) is 70.2 Å². The Hall–Kier alpha value is -2.17. The third-order valence-electron chi connectivity index (χ3n) is 4.52. The van der Waals surface area contributed by atoms with E-state index in [1.807, 2.05) is 4.90 Å². The summed E-state index contributed by atoms with van der Waals surface area (Å²) in [6.07, 6.45) is 0.940. The Kier molecular flexibility index (Phi) is 5.51. The number of ketones is 1. The number of nitrogens with zero attached hydrogens (tertiary/aromatic N) is 2. The Balaban J connectivity index is 1.88. The standard InChI is InChI=1S/C20H21ClN2O2/c1-22-11-4-12-23(14-13-22)20(25)18-6-3-2-5-17(18)19(24)15-7-9-16(21)10-8-15/h2-3,5-10H,4,11-14H2,1H3. The molecule has 1 fully saturated rings. The van der Waals surface area contributed by atoms with Crippen molar-refractivity contribution in [3.8, 4) is 0 Å². The highest BCUT2D eigenvalue weighted by Gasteiger charge is 2.23. The van der Waals surface area contributed by atoms with Gasteiger partial charge in [0.1, 0.15) is 0 Å². The molecule has 1 aliphatic heterocycles. The summed E-state index contributed by atoms with van der Waals surface area (Å²) in [5.41, 5.74) is 1.43. The quantitative estimate of drug-likeness (QED) is 0.792. The van der Waals surface area contributed by atoms with Crippen molar-refractivity contribution >= 4 is 23.3 Å². The summed E-state index contributed by atoms with van der Waals surface area (Å²) in [7, 11) is 2.06. The molecule has 0 aromatic heterocycles. The van der Waals surface area contributed by atoms with Gasteiger partial charge in [0.05, 0.1) is 5.56 Å². The molecule has 0 saturated carbocycles. The van der Waals surface area contributed by atoms with Crippen LogP contribution in [0.25, 0.3) is 0 Å². The first-order chi connectivity index (χ1) is 12.1. The first-order valence-electron chi connectivity index (χ1n) is 8.43. The van der Waals surface area contributed by atoms with E-state index in [9.17, 15) is 9.59 Å². The summed E-state index contributed by atoms with van der Waals surface area (Å²) in [5.74, 6) is -0.235. The number of likely N-dealkylation sites (N-methyl/N-ethyl adjacent to an activating group) is 1. The molecule has 3 rings (SSSR count). The predicted octanol–water partition coefficient (Wildman–Crippen LogP) is 3.35. The Morgan fingerprint density at radius 3 is 2.28 bits per heavy atom. The molecule has 0 radical (unpaired) electrons. The van der Waals surface area contributed by atoms with Gasteiger partial charge in [0, 0.05) is 35.8 Å². The SMILES string of the molecule is CN1CCCN(C(=O)c2ccccc2C(=O)c2ccc(Cl)cc2)CC1. The van der Waals surface area contributed by atoms with E-state index in [1.165, 1.54) is 0 Å². The van der Waals surface area contributed by atoms with E-state index in [0.29, 0.717) is 34.8 Å². The van der Waals surface area contributed by atoms with E-state index in [4.69, 9.17) is 11.6 Å². The molecule has 130 valence electrons. The number of rotatable bonds is 3. The van der Waals surface area contributed by atoms with Crippen LogP contribution in [0.2, 0.25) is 5.02 Å². The highest BCUT2D eigenvalue weighted by molar-refractivity contribution is 6.30. The summed E-state index contributed by atoms with van der Waals surface area (Å²) in [4.78, 5) is 29.9. The van der Waals surface area contributed by atoms with Gasteiger partial charge in [0.25, 0.3) is 5.91 Å². The van der Waals surface area contributed by atoms with Crippen LogP contribution in [0.1, 0.15) is 32.7 Å². The molecule has 0 unspecified atom stereocenters. The lowest BCUT2D eigenvalue weighted by molar-refractivity contribution is 0.0758. The lowest BCUT2D eigenvalue weighted by Crippen LogP contribution is -2.35. The minimum absolute atomic E-state index is 0.0757. The smallest absolute Gasteiger partial charge is 0.254 e. The fourth-order valence-corrected chi connectivity index (χ4v) is 3.17. The van der Waals surface area contributed by atoms with E-state index in [1.54, 1.807) is 48.5 Å². The number of amides is 1. The Labute approximate surface area is 153 Å². The first kappa shape index (κ1) is 17.6. The topological polar surface area (TPSA) is 40.6 Å². The molecule has 0 aliphatic carbocycles. The Morgan fingerprint density at radius 1 is 0.880 bits per heavy atom. The summed E-state index contributed by atoms with van der Waals surface area (Å²) in [6.45, 7) is 3.22. The minimum atomic E-state index is -0.160. The molecule has 5 heteroatoms. The molecule has 25 heavy (non-hydrogen) atoms. The van der Waals surface area contributed by atoms with E-state index in [2.05, 4.69) is 11.9 Å². The number of halogens is 1. The van der Waals surface area contributed by atoms with Gasteiger partial charge in [-0.2, -0.15) is 0 Å². The van der Waals surface area contributed by atoms with Gasteiger partial charge < -0.3 is 9.80 Å². The number of carbonyl (C=O) groups excluding carboxylic acids is 2. The molecule has 4 nitrogen and oxygen atoms in total. The van der Waals surface area contributed by atoms with Crippen LogP contribution >= 0.6 is 11.6 Å². The maximum absolute atomic E-state index is 13.0. The molecule has 2 aromatic carbocycles. The molecule has 2 aromatic rings. The first-order valence-corrected chi connectivity index (χ1v) is 8.81. The maximum atomic E-state index is 13.0. The second-order valence-electron chi connectivity index (χ2n) is 6.33. The monoisotopic (exact) mass is 356 g/mol. The molecule has 0 bridgehead atoms. The molecule has 1 heterocycles. The molecule has 0 N–H and O–H groups in total. The molecule has 0 spiro atoms. The summed E-state index contributed by atoms with van der Waals surface area (Å²) < 4.78 is 0. The average Bonchev–Trinajstić information content (AvgIpc) is 2.86. The molecule has 0 atom stereocenters. The second-order valence-corrected chi connectivity index (χ2v) is 6.77. The molecule has 1 aliphatic rings. The van der Waals surface area contributed by atoms with E-state index >= 15 is 0 Å². The van der Waals surface area contributed by atoms with Gasteiger partial charge in [-0.25, -0.2) is 0 Å². The van der Waals surface area contributed by atoms with Gasteiger partial charge in [-0.05, 0) is 50.3 Å². The number of carbonyl (C=O) groups is 2. The van der Waals surface area contributed by atoms with Gasteiger partial charge in [0.2, 0.25) is 0 Å². The average molecular weight is 357 g/mol. The van der Waals surface area contributed by atoms with Crippen molar-refractivity contribution in [2.75, 3.05) is 33.2 Å². The summed E-state index contributed by atoms with van der Waals surface area (Å²) in [5, 5.41) is 0.578. The van der Waals surface area contributed by atoms with Crippen LogP contribution in [0, 0.1) is 0 Å². The van der Waals surface area contributed by atoms with E-state index in [-0.39, 0.29) is 11.7 Å². The van der Waals surface area contributed by atoms with Crippen molar-refractivity contribution in [3.63, 3.8) is 0 Å². The van der Waals surface area contributed by atoms with Crippen LogP contribution in [0.15, 0.2) is 48.5 Å². The van der Waals surface area contributed by atoms with Crippen molar-refractivity contribution in [2.45, 2.75) is 6.42 Å². The molecular formula is C20H21ClN2O2. The molecule has 1 saturated heterocycles. The van der Waals surface area contributed by atoms with E-state index < -0.39 is 0 Å². The maximum Gasteiger partial charge on any atom is 0.254 e. The third kappa shape index (κ3) is 4.09. The van der Waals surface area contributed by atoms with Crippen LogP contribution in [0.5, 0.6) is 0 Å². The fourth-order valence-electron chi connectivity index (χ4n) is 3.04. The Bertz CT molecular complexity index is 774. The number of benzene rings is 2. The lowest BCUT2D eigenvalue weighted by Gasteiger charge is -2.21. The van der Waals surface area contributed by atoms with Crippen LogP contribution in [0.3, 0.4) is 0 Å². The lowest BCUT2D eigenvalue weighted by atomic mass is 9.97. The van der Waals surface area contributed by atoms with Crippen LogP contribution in [0.4, 0.5) is 0 Å². The number of hydrogen-bond acceptors (Lipinski definition) is 3. The normalized spacial score (nSPS) is 15.7. The molecule has 1 amide bonds. The van der Waals surface area contributed by atoms with Crippen molar-refractivity contribution in [1.82, 2.24) is 9.80 Å². The van der Waals surface area contributed by atoms with Crippen LogP contribution in [-0.4, -0.2) is 54.7 Å². The van der Waals surface area contributed by atoms with E-state index in [0.717, 1.165) is 19.5 Å². The second kappa shape index (κ2) is 7.81. The third-order valence-corrected chi connectivity index (χ3v) is 4.77. The van der Waals surface area contributed by atoms with Crippen molar-refractivity contribution in [1.29, 1.82) is 0 Å². The van der Waals surface area contributed by atoms with Gasteiger partial charge in [-0.15, -0.1) is 0 Å². The van der Waals surface area contributed by atoms with Gasteiger partial charge in [0.15, 0.2) is 5.78 Å². The zero-order chi connectivity index (χ0) is 17.8. The minimum Gasteiger partial charge on any atom is -0.337 e. The van der Waals surface area contributed by atoms with Crippen LogP contribution < -0.4 is 0 Å². The Morgan fingerprint density at radius 2 is 1.56 bits per heavy atom. The highest BCUT2D eigenvalue weighted by atomic mass is 35.5. The fraction of sp³-hybridized carbons (Fsp3) is 0.300. The zero-order valence-corrected chi connectivity index (χ0v) is 15.0. The van der Waals surface area contributed by atoms with Gasteiger partial charge in [-0.1, -0.05) is 29.8 Å². The predicted molar refractivity (Wildman–Crippen MR) is 99.3 cm³/mol. The zero-order valence-electron chi connectivity index (χ0n) is 14.2. The van der Waals surface area contributed by atoms with Crippen molar-refractivity contribution < 1.29 is 9.59 Å². The van der Waals surface area contributed by atoms with Crippen molar-refractivity contribution in [2.24, 2.45) is 0 Å². The van der Waals surface area contributed by atoms with Crippen LogP contribution in [-0.2, 0) is 0 Å². The molecular weight excluding hydrogens is 336 g/mol. The van der Waals surface area contributed by atoms with Gasteiger partial charge in [-0.3, -0.25) is 9.59 Å². The number of hydrogen-bond donors (Lipinski definition) is 0.